The van der Waals surface area contributed by atoms with Gasteiger partial charge >= 0.3 is 5.97 Å². The van der Waals surface area contributed by atoms with Gasteiger partial charge in [0.15, 0.2) is 0 Å². The minimum Gasteiger partial charge on any atom is -0.426 e. The summed E-state index contributed by atoms with van der Waals surface area (Å²) in [4.78, 5) is 57.4. The molecular formula is C38H32N2O5. The number of imide groups is 1. The summed E-state index contributed by atoms with van der Waals surface area (Å²) in [5, 5.41) is 0. The lowest BCUT2D eigenvalue weighted by Gasteiger charge is -2.45. The van der Waals surface area contributed by atoms with Crippen molar-refractivity contribution in [1.29, 1.82) is 0 Å². The second-order valence-electron chi connectivity index (χ2n) is 12.5. The summed E-state index contributed by atoms with van der Waals surface area (Å²) in [5.41, 5.74) is 7.57. The smallest absolute Gasteiger partial charge is 0.316 e. The van der Waals surface area contributed by atoms with Crippen molar-refractivity contribution in [2.24, 2.45) is 17.8 Å². The van der Waals surface area contributed by atoms with Gasteiger partial charge in [0.2, 0.25) is 17.7 Å². The second-order valence-corrected chi connectivity index (χ2v) is 12.5. The van der Waals surface area contributed by atoms with Crippen LogP contribution in [0.25, 0.3) is 0 Å². The monoisotopic (exact) mass is 596 g/mol. The number of carbonyl (C=O) groups is 4. The van der Waals surface area contributed by atoms with Gasteiger partial charge in [0, 0.05) is 30.5 Å². The van der Waals surface area contributed by atoms with Crippen molar-refractivity contribution in [1.82, 2.24) is 0 Å². The standard InChI is InChI=1S/C38H32N2O5/c1-3-22-10-4-9-15-30(22)39-20-23(19-31(39)41)38(44)45-24-16-17-29(21(2)18-24)40-36(42)34-32-25-11-5-6-12-26(25)33(35(34)37(40)43)28-14-8-7-13-27(28)32/h4-18,23,32-35H,3,19-20H2,1-2H3/t23-,32?,33?,34+,35+/m1/s1. The van der Waals surface area contributed by atoms with Crippen LogP contribution in [0.3, 0.4) is 0 Å². The van der Waals surface area contributed by atoms with Gasteiger partial charge < -0.3 is 9.64 Å². The summed E-state index contributed by atoms with van der Waals surface area (Å²) in [6.07, 6.45) is 0.867. The van der Waals surface area contributed by atoms with Crippen molar-refractivity contribution in [2.75, 3.05) is 16.3 Å². The molecule has 0 unspecified atom stereocenters. The van der Waals surface area contributed by atoms with Gasteiger partial charge in [0.1, 0.15) is 5.75 Å². The van der Waals surface area contributed by atoms with Crippen molar-refractivity contribution >= 4 is 35.1 Å². The van der Waals surface area contributed by atoms with Gasteiger partial charge in [-0.3, -0.25) is 19.2 Å². The van der Waals surface area contributed by atoms with E-state index in [4.69, 9.17) is 4.74 Å². The van der Waals surface area contributed by atoms with Gasteiger partial charge in [-0.2, -0.15) is 0 Å². The normalized spacial score (nSPS) is 24.5. The van der Waals surface area contributed by atoms with Gasteiger partial charge in [0.25, 0.3) is 0 Å². The highest BCUT2D eigenvalue weighted by Gasteiger charge is 2.61. The van der Waals surface area contributed by atoms with Crippen LogP contribution in [0.2, 0.25) is 0 Å². The molecule has 0 saturated carbocycles. The Balaban J connectivity index is 1.04. The number of rotatable bonds is 5. The van der Waals surface area contributed by atoms with Crippen molar-refractivity contribution in [2.45, 2.75) is 38.5 Å². The van der Waals surface area contributed by atoms with Gasteiger partial charge in [-0.15, -0.1) is 0 Å². The van der Waals surface area contributed by atoms with E-state index < -0.39 is 23.7 Å². The van der Waals surface area contributed by atoms with E-state index in [1.54, 1.807) is 23.1 Å². The molecule has 7 nitrogen and oxygen atoms in total. The number of hydrogen-bond acceptors (Lipinski definition) is 5. The Bertz CT molecular complexity index is 1820. The largest absolute Gasteiger partial charge is 0.426 e. The molecule has 2 aliphatic heterocycles. The lowest BCUT2D eigenvalue weighted by molar-refractivity contribution is -0.139. The van der Waals surface area contributed by atoms with Crippen LogP contribution in [0.1, 0.15) is 58.6 Å². The molecule has 2 saturated heterocycles. The van der Waals surface area contributed by atoms with Crippen molar-refractivity contribution in [3.63, 3.8) is 0 Å². The van der Waals surface area contributed by atoms with Crippen LogP contribution in [0.4, 0.5) is 11.4 Å². The minimum atomic E-state index is -0.592. The van der Waals surface area contributed by atoms with Crippen LogP contribution < -0.4 is 14.5 Å². The third kappa shape index (κ3) is 4.03. The first-order valence-corrected chi connectivity index (χ1v) is 15.6. The van der Waals surface area contributed by atoms with Crippen LogP contribution in [-0.4, -0.2) is 30.2 Å². The fourth-order valence-electron chi connectivity index (χ4n) is 8.23. The molecule has 45 heavy (non-hydrogen) atoms. The molecule has 3 aliphatic carbocycles. The van der Waals surface area contributed by atoms with Crippen LogP contribution in [0, 0.1) is 24.7 Å². The molecule has 5 aliphatic rings. The number of hydrogen-bond donors (Lipinski definition) is 0. The Kier molecular flexibility index (Phi) is 6.27. The second kappa shape index (κ2) is 10.3. The van der Waals surface area contributed by atoms with E-state index in [-0.39, 0.29) is 42.5 Å². The first-order chi connectivity index (χ1) is 21.9. The third-order valence-corrected chi connectivity index (χ3v) is 10.2. The summed E-state index contributed by atoms with van der Waals surface area (Å²) in [7, 11) is 0. The predicted octanol–water partition coefficient (Wildman–Crippen LogP) is 5.91. The highest BCUT2D eigenvalue weighted by Crippen LogP contribution is 2.61. The molecule has 7 heteroatoms. The Morgan fingerprint density at radius 1 is 0.756 bits per heavy atom. The molecule has 4 aromatic rings. The molecule has 0 radical (unpaired) electrons. The molecule has 3 amide bonds. The minimum absolute atomic E-state index is 0.0839. The molecule has 2 bridgehead atoms. The number of nitrogens with zero attached hydrogens (tertiary/aromatic N) is 2. The molecule has 2 heterocycles. The third-order valence-electron chi connectivity index (χ3n) is 10.2. The molecule has 0 aromatic heterocycles. The highest BCUT2D eigenvalue weighted by molar-refractivity contribution is 6.23. The first-order valence-electron chi connectivity index (χ1n) is 15.6. The molecule has 4 aromatic carbocycles. The maximum Gasteiger partial charge on any atom is 0.316 e. The number of amides is 3. The summed E-state index contributed by atoms with van der Waals surface area (Å²) in [5.74, 6) is -2.51. The van der Waals surface area contributed by atoms with Crippen molar-refractivity contribution in [3.8, 4) is 5.75 Å². The van der Waals surface area contributed by atoms with E-state index in [1.165, 1.54) is 4.90 Å². The molecule has 9 rings (SSSR count). The number of carbonyl (C=O) groups excluding carboxylic acids is 4. The fraction of sp³-hybridized carbons (Fsp3) is 0.263. The quantitative estimate of drug-likeness (QED) is 0.162. The SMILES string of the molecule is CCc1ccccc1N1C[C@H](C(=O)Oc2ccc(N3C(=O)[C@H]4C5c6ccccc6C(c6ccccc65)[C@@H]4C3=O)c(C)c2)CC1=O. The fourth-order valence-corrected chi connectivity index (χ4v) is 8.23. The lowest BCUT2D eigenvalue weighted by atomic mass is 9.55. The molecule has 3 atom stereocenters. The Morgan fingerprint density at radius 2 is 1.31 bits per heavy atom. The predicted molar refractivity (Wildman–Crippen MR) is 169 cm³/mol. The van der Waals surface area contributed by atoms with Crippen LogP contribution in [0.15, 0.2) is 91.0 Å². The van der Waals surface area contributed by atoms with E-state index in [2.05, 4.69) is 24.3 Å². The van der Waals surface area contributed by atoms with Gasteiger partial charge in [-0.05, 0) is 71.0 Å². The molecule has 2 fully saturated rings. The van der Waals surface area contributed by atoms with Gasteiger partial charge in [0.05, 0.1) is 23.4 Å². The van der Waals surface area contributed by atoms with E-state index in [9.17, 15) is 19.2 Å². The molecular weight excluding hydrogens is 564 g/mol. The number of ether oxygens (including phenoxy) is 1. The topological polar surface area (TPSA) is 84.0 Å². The zero-order valence-electron chi connectivity index (χ0n) is 25.1. The highest BCUT2D eigenvalue weighted by atomic mass is 16.5. The average molecular weight is 597 g/mol. The maximum atomic E-state index is 14.2. The zero-order chi connectivity index (χ0) is 31.0. The van der Waals surface area contributed by atoms with Crippen LogP contribution >= 0.6 is 0 Å². The van der Waals surface area contributed by atoms with Gasteiger partial charge in [-0.1, -0.05) is 73.7 Å². The number of anilines is 2. The average Bonchev–Trinajstić information content (AvgIpc) is 3.58. The summed E-state index contributed by atoms with van der Waals surface area (Å²) < 4.78 is 5.76. The van der Waals surface area contributed by atoms with E-state index in [1.807, 2.05) is 62.4 Å². The lowest BCUT2D eigenvalue weighted by Crippen LogP contribution is -2.41. The summed E-state index contributed by atoms with van der Waals surface area (Å²) >= 11 is 0. The van der Waals surface area contributed by atoms with E-state index >= 15 is 0 Å². The number of esters is 1. The van der Waals surface area contributed by atoms with E-state index in [0.29, 0.717) is 17.0 Å². The molecule has 0 N–H and O–H groups in total. The Labute approximate surface area is 261 Å². The van der Waals surface area contributed by atoms with Crippen LogP contribution in [0.5, 0.6) is 5.75 Å². The Hall–Kier alpha value is -5.04. The van der Waals surface area contributed by atoms with E-state index in [0.717, 1.165) is 39.9 Å². The Morgan fingerprint density at radius 3 is 1.87 bits per heavy atom. The number of para-hydroxylation sites is 1. The van der Waals surface area contributed by atoms with Gasteiger partial charge in [-0.25, -0.2) is 4.90 Å². The number of benzene rings is 4. The zero-order valence-corrected chi connectivity index (χ0v) is 25.1. The van der Waals surface area contributed by atoms with Crippen molar-refractivity contribution in [3.05, 3.63) is 124 Å². The first kappa shape index (κ1) is 27.5. The molecule has 0 spiro atoms. The maximum absolute atomic E-state index is 14.2. The molecule has 224 valence electrons. The number of aryl methyl sites for hydroxylation is 2. The van der Waals surface area contributed by atoms with Crippen molar-refractivity contribution < 1.29 is 23.9 Å². The van der Waals surface area contributed by atoms with Crippen LogP contribution in [-0.2, 0) is 25.6 Å². The summed E-state index contributed by atoms with van der Waals surface area (Å²) in [6.45, 7) is 4.12. The summed E-state index contributed by atoms with van der Waals surface area (Å²) in [6, 6.07) is 29.1.